The molecule has 0 aliphatic rings. The first-order chi connectivity index (χ1) is 50.2. The van der Waals surface area contributed by atoms with Crippen molar-refractivity contribution in [2.75, 3.05) is 39.6 Å². The Morgan fingerprint density at radius 3 is 0.825 bits per heavy atom. The molecule has 16 nitrogen and oxygen atoms in total. The van der Waals surface area contributed by atoms with Crippen LogP contribution < -0.4 is 0 Å². The second kappa shape index (κ2) is 77.1. The minimum Gasteiger partial charge on any atom is -0.463 e. The molecule has 0 radical (unpaired) electrons. The van der Waals surface area contributed by atoms with Gasteiger partial charge in [0, 0.05) is 19.3 Å². The number of hydrogen-bond donors (Lipinski definition) is 4. The van der Waals surface area contributed by atoms with Crippen LogP contribution in [-0.4, -0.2) is 95.9 Å². The van der Waals surface area contributed by atoms with E-state index < -0.39 is 91.5 Å². The van der Waals surface area contributed by atoms with E-state index in [0.29, 0.717) is 19.3 Å². The van der Waals surface area contributed by atoms with Gasteiger partial charge in [-0.3, -0.25) is 32.5 Å². The molecule has 0 saturated heterocycles. The van der Waals surface area contributed by atoms with Crippen LogP contribution in [0.3, 0.4) is 0 Å². The molecule has 0 aromatic carbocycles. The fraction of sp³-hybridized carbons (Fsp3) is 0.682. The van der Waals surface area contributed by atoms with Crippen molar-refractivity contribution in [1.29, 1.82) is 0 Å². The minimum absolute atomic E-state index is 0.0874. The molecule has 0 heterocycles. The van der Waals surface area contributed by atoms with Gasteiger partial charge in [0.25, 0.3) is 0 Å². The molecule has 0 aromatic heterocycles. The van der Waals surface area contributed by atoms with Crippen molar-refractivity contribution in [2.45, 2.75) is 334 Å². The highest BCUT2D eigenvalue weighted by atomic mass is 31.2. The van der Waals surface area contributed by atoms with E-state index in [4.69, 9.17) is 32.3 Å². The summed E-state index contributed by atoms with van der Waals surface area (Å²) in [5.41, 5.74) is 0. The van der Waals surface area contributed by atoms with Gasteiger partial charge < -0.3 is 34.2 Å². The normalized spacial score (nSPS) is 14.7. The molecule has 0 spiro atoms. The molecule has 0 fully saturated rings. The van der Waals surface area contributed by atoms with Crippen molar-refractivity contribution in [3.63, 3.8) is 0 Å². The zero-order chi connectivity index (χ0) is 75.2. The van der Waals surface area contributed by atoms with E-state index in [9.17, 15) is 43.5 Å². The summed E-state index contributed by atoms with van der Waals surface area (Å²) in [6.07, 6.45) is 94.8. The number of phosphoric acid groups is 2. The van der Waals surface area contributed by atoms with Gasteiger partial charge in [0.1, 0.15) is 25.4 Å². The monoisotopic (exact) mass is 1480 g/mol. The number of phosphoric ester groups is 2. The summed E-state index contributed by atoms with van der Waals surface area (Å²) in [4.78, 5) is 58.6. The molecule has 103 heavy (non-hydrogen) atoms. The van der Waals surface area contributed by atoms with Crippen LogP contribution in [0.5, 0.6) is 0 Å². The summed E-state index contributed by atoms with van der Waals surface area (Å²) < 4.78 is 61.1. The average Bonchev–Trinajstić information content (AvgIpc) is 0.937. The summed E-state index contributed by atoms with van der Waals surface area (Å²) in [7, 11) is -9.80. The lowest BCUT2D eigenvalue weighted by molar-refractivity contribution is -0.161. The fourth-order valence-electron chi connectivity index (χ4n) is 10.5. The van der Waals surface area contributed by atoms with E-state index in [0.717, 1.165) is 167 Å². The smallest absolute Gasteiger partial charge is 0.463 e. The van der Waals surface area contributed by atoms with Crippen LogP contribution in [0.25, 0.3) is 0 Å². The molecule has 0 amide bonds. The molecule has 4 N–H and O–H groups in total. The Labute approximate surface area is 626 Å². The molecule has 0 aliphatic heterocycles. The first kappa shape index (κ1) is 98.4. The quantitative estimate of drug-likeness (QED) is 0.0146. The van der Waals surface area contributed by atoms with Gasteiger partial charge in [-0.15, -0.1) is 0 Å². The van der Waals surface area contributed by atoms with Gasteiger partial charge in [0.05, 0.1) is 26.4 Å². The second-order valence-electron chi connectivity index (χ2n) is 26.5. The summed E-state index contributed by atoms with van der Waals surface area (Å²) in [6, 6.07) is 0. The lowest BCUT2D eigenvalue weighted by Gasteiger charge is -2.21. The maximum Gasteiger partial charge on any atom is 0.472 e. The number of ether oxygens (including phenoxy) is 3. The molecule has 5 unspecified atom stereocenters. The van der Waals surface area contributed by atoms with Gasteiger partial charge in [0.15, 0.2) is 6.10 Å². The third-order valence-corrected chi connectivity index (χ3v) is 18.4. The standard InChI is InChI=1S/C85H144O16P2/c1-4-7-10-13-16-19-22-25-27-29-31-33-34-35-36-37-38-39-40-41-42-43-44-46-48-49-51-54-56-59-62-65-68-71-83(88)95-74-80(86)75-97-102(91,92)98-76-81(87)77-99-103(93,94)100-79-82(101-85(90)73-70-67-64-61-58-53-24-21-18-15-12-9-6-3)78-96-84(89)72-69-66-63-60-57-55-52-50-47-45-32-30-28-26-23-20-17-14-11-8-5-2/h7-8,10-11,16-17,19-21,24-28,31-33,35-36,38-39,45,50,52,80-82,86-87H,4-6,9,12-15,18,22-23,29-30,34,37,40-44,46-49,51,53-79H2,1-3H3,(H,91,92)(H,93,94)/b10-7-,11-8-,19-16-,20-17-,24-21-,27-25-,28-26-,33-31-,36-35-,39-38-,45-32-,52-50-. The SMILES string of the molecule is CC/C=C\C/C=C\C/C=C\C/C=C\C/C=C\C/C=C\CCCCCCCCCCCCCCCCC(=O)OCC(O)COP(=O)(O)OCC(O)COP(=O)(O)OCC(COC(=O)CCCCCCC/C=C\C/C=C\C/C=C\C/C=C\C/C=C\CC)OC(=O)CCCCCCC/C=C\CCCCCC. The lowest BCUT2D eigenvalue weighted by atomic mass is 10.0. The Kier molecular flexibility index (Phi) is 73.6. The number of carbonyl (C=O) groups is 3. The van der Waals surface area contributed by atoms with Crippen LogP contribution in [-0.2, 0) is 55.8 Å². The van der Waals surface area contributed by atoms with Crippen molar-refractivity contribution in [1.82, 2.24) is 0 Å². The Balaban J connectivity index is 4.45. The highest BCUT2D eigenvalue weighted by Gasteiger charge is 2.29. The maximum atomic E-state index is 12.9. The number of carbonyl (C=O) groups excluding carboxylic acids is 3. The van der Waals surface area contributed by atoms with Crippen LogP contribution in [0, 0.1) is 0 Å². The second-order valence-corrected chi connectivity index (χ2v) is 29.4. The van der Waals surface area contributed by atoms with E-state index in [-0.39, 0.29) is 19.3 Å². The Morgan fingerprint density at radius 2 is 0.515 bits per heavy atom. The Hall–Kier alpha value is -4.57. The van der Waals surface area contributed by atoms with Crippen molar-refractivity contribution in [3.8, 4) is 0 Å². The molecular formula is C85H144O16P2. The average molecular weight is 1480 g/mol. The van der Waals surface area contributed by atoms with E-state index in [1.165, 1.54) is 89.9 Å². The maximum absolute atomic E-state index is 12.9. The number of hydrogen-bond acceptors (Lipinski definition) is 14. The number of rotatable bonds is 75. The highest BCUT2D eigenvalue weighted by molar-refractivity contribution is 7.47. The largest absolute Gasteiger partial charge is 0.472 e. The highest BCUT2D eigenvalue weighted by Crippen LogP contribution is 2.45. The van der Waals surface area contributed by atoms with Crippen molar-refractivity contribution >= 4 is 33.6 Å². The van der Waals surface area contributed by atoms with Gasteiger partial charge in [-0.25, -0.2) is 9.13 Å². The van der Waals surface area contributed by atoms with Crippen LogP contribution in [0.4, 0.5) is 0 Å². The van der Waals surface area contributed by atoms with Gasteiger partial charge in [0.2, 0.25) is 0 Å². The van der Waals surface area contributed by atoms with Crippen LogP contribution in [0.2, 0.25) is 0 Å². The molecule has 0 aliphatic carbocycles. The Bertz CT molecular complexity index is 2450. The minimum atomic E-state index is -4.94. The zero-order valence-electron chi connectivity index (χ0n) is 64.4. The van der Waals surface area contributed by atoms with Crippen LogP contribution >= 0.6 is 15.6 Å². The fourth-order valence-corrected chi connectivity index (χ4v) is 12.1. The number of unbranched alkanes of at least 4 members (excludes halogenated alkanes) is 28. The lowest BCUT2D eigenvalue weighted by Crippen LogP contribution is -2.30. The van der Waals surface area contributed by atoms with E-state index in [1.807, 2.05) is 0 Å². The molecule has 5 atom stereocenters. The van der Waals surface area contributed by atoms with Gasteiger partial charge in [-0.05, 0) is 141 Å². The summed E-state index contributed by atoms with van der Waals surface area (Å²) >= 11 is 0. The number of esters is 3. The van der Waals surface area contributed by atoms with Gasteiger partial charge in [-0.2, -0.15) is 0 Å². The first-order valence-electron chi connectivity index (χ1n) is 40.1. The molecule has 0 aromatic rings. The molecule has 18 heteroatoms. The van der Waals surface area contributed by atoms with Crippen LogP contribution in [0.15, 0.2) is 146 Å². The summed E-state index contributed by atoms with van der Waals surface area (Å²) in [6.45, 7) is 2.41. The predicted octanol–water partition coefficient (Wildman–Crippen LogP) is 23.7. The number of allylic oxidation sites excluding steroid dienone is 24. The topological polar surface area (TPSA) is 231 Å². The third kappa shape index (κ3) is 78.3. The molecule has 590 valence electrons. The summed E-state index contributed by atoms with van der Waals surface area (Å²) in [5.74, 6) is -1.61. The van der Waals surface area contributed by atoms with E-state index >= 15 is 0 Å². The van der Waals surface area contributed by atoms with E-state index in [2.05, 4.69) is 167 Å². The molecule has 0 saturated carbocycles. The van der Waals surface area contributed by atoms with Gasteiger partial charge in [-0.1, -0.05) is 301 Å². The molecular weight excluding hydrogens is 1340 g/mol. The summed E-state index contributed by atoms with van der Waals surface area (Å²) in [5, 5.41) is 20.6. The molecule has 0 bridgehead atoms. The van der Waals surface area contributed by atoms with Crippen LogP contribution in [0.1, 0.15) is 316 Å². The number of aliphatic hydroxyl groups excluding tert-OH is 2. The van der Waals surface area contributed by atoms with Crippen molar-refractivity contribution in [3.05, 3.63) is 146 Å². The van der Waals surface area contributed by atoms with Gasteiger partial charge >= 0.3 is 33.6 Å². The van der Waals surface area contributed by atoms with E-state index in [1.54, 1.807) is 0 Å². The number of aliphatic hydroxyl groups is 2. The predicted molar refractivity (Wildman–Crippen MR) is 426 cm³/mol. The Morgan fingerprint density at radius 1 is 0.282 bits per heavy atom. The van der Waals surface area contributed by atoms with Crippen molar-refractivity contribution in [2.24, 2.45) is 0 Å². The van der Waals surface area contributed by atoms with Crippen molar-refractivity contribution < 1.29 is 75.8 Å². The zero-order valence-corrected chi connectivity index (χ0v) is 66.2. The first-order valence-corrected chi connectivity index (χ1v) is 43.1. The molecule has 0 rings (SSSR count). The third-order valence-electron chi connectivity index (χ3n) is 16.5.